The van der Waals surface area contributed by atoms with Crippen LogP contribution in [0.2, 0.25) is 0 Å². The summed E-state index contributed by atoms with van der Waals surface area (Å²) in [6.07, 6.45) is -1.16. The number of hydrogen-bond donors (Lipinski definition) is 4. The fourth-order valence-corrected chi connectivity index (χ4v) is 0.941. The van der Waals surface area contributed by atoms with Gasteiger partial charge in [-0.05, 0) is 12.8 Å². The number of amides is 1. The molecule has 0 aromatic heterocycles. The number of nitrogens with two attached hydrogens (primary N) is 1. The van der Waals surface area contributed by atoms with E-state index >= 15 is 0 Å². The molecule has 6 heteroatoms. The molecule has 0 aliphatic rings. The van der Waals surface area contributed by atoms with E-state index in [2.05, 4.69) is 5.32 Å². The highest BCUT2D eigenvalue weighted by atomic mass is 16.4. The summed E-state index contributed by atoms with van der Waals surface area (Å²) in [7, 11) is 0. The van der Waals surface area contributed by atoms with E-state index in [1.54, 1.807) is 13.8 Å². The molecule has 0 bridgehead atoms. The van der Waals surface area contributed by atoms with Crippen molar-refractivity contribution in [3.05, 3.63) is 0 Å². The number of hydrogen-bond acceptors (Lipinski definition) is 4. The lowest BCUT2D eigenvalue weighted by Crippen LogP contribution is -2.53. The van der Waals surface area contributed by atoms with Crippen LogP contribution in [-0.4, -0.2) is 40.3 Å². The molecule has 0 fully saturated rings. The highest BCUT2D eigenvalue weighted by Crippen LogP contribution is 2.00. The Balaban J connectivity index is 4.43. The molecule has 0 saturated carbocycles. The van der Waals surface area contributed by atoms with Crippen LogP contribution < -0.4 is 11.1 Å². The van der Waals surface area contributed by atoms with Gasteiger partial charge in [-0.25, -0.2) is 4.79 Å². The topological polar surface area (TPSA) is 113 Å². The van der Waals surface area contributed by atoms with Crippen LogP contribution in [0.25, 0.3) is 0 Å². The zero-order valence-corrected chi connectivity index (χ0v) is 9.10. The lowest BCUT2D eigenvalue weighted by Gasteiger charge is -2.21. The Labute approximate surface area is 88.5 Å². The van der Waals surface area contributed by atoms with E-state index in [0.29, 0.717) is 0 Å². The molecule has 6 nitrogen and oxygen atoms in total. The summed E-state index contributed by atoms with van der Waals surface area (Å²) >= 11 is 0. The van der Waals surface area contributed by atoms with Gasteiger partial charge in [-0.3, -0.25) is 4.79 Å². The van der Waals surface area contributed by atoms with Gasteiger partial charge in [0.25, 0.3) is 0 Å². The van der Waals surface area contributed by atoms with E-state index in [4.69, 9.17) is 15.9 Å². The van der Waals surface area contributed by atoms with E-state index in [1.165, 1.54) is 6.92 Å². The first kappa shape index (κ1) is 13.9. The number of rotatable bonds is 5. The van der Waals surface area contributed by atoms with Crippen LogP contribution in [0.15, 0.2) is 0 Å². The first-order valence-electron chi connectivity index (χ1n) is 4.74. The molecule has 5 N–H and O–H groups in total. The molecule has 3 atom stereocenters. The van der Waals surface area contributed by atoms with Crippen molar-refractivity contribution in [3.8, 4) is 0 Å². The number of aliphatic hydroxyl groups excluding tert-OH is 1. The summed E-state index contributed by atoms with van der Waals surface area (Å²) in [6.45, 7) is 4.80. The molecular weight excluding hydrogens is 200 g/mol. The second-order valence-corrected chi connectivity index (χ2v) is 3.83. The maximum Gasteiger partial charge on any atom is 0.328 e. The van der Waals surface area contributed by atoms with Crippen LogP contribution in [-0.2, 0) is 9.59 Å². The Morgan fingerprint density at radius 2 is 1.73 bits per heavy atom. The molecule has 15 heavy (non-hydrogen) atoms. The van der Waals surface area contributed by atoms with Gasteiger partial charge in [0.2, 0.25) is 5.91 Å². The average molecular weight is 218 g/mol. The van der Waals surface area contributed by atoms with Crippen LogP contribution in [0.1, 0.15) is 20.8 Å². The van der Waals surface area contributed by atoms with Crippen molar-refractivity contribution in [3.63, 3.8) is 0 Å². The van der Waals surface area contributed by atoms with Crippen LogP contribution in [0.4, 0.5) is 0 Å². The molecule has 0 spiro atoms. The predicted molar refractivity (Wildman–Crippen MR) is 54.1 cm³/mol. The number of carboxylic acid groups (broad SMARTS) is 1. The number of aliphatic carboxylic acids is 1. The molecule has 0 unspecified atom stereocenters. The number of nitrogens with one attached hydrogen (secondary N) is 1. The fourth-order valence-electron chi connectivity index (χ4n) is 0.941. The molecule has 1 amide bonds. The quantitative estimate of drug-likeness (QED) is 0.469. The van der Waals surface area contributed by atoms with Crippen LogP contribution in [0, 0.1) is 5.92 Å². The second-order valence-electron chi connectivity index (χ2n) is 3.83. The van der Waals surface area contributed by atoms with Crippen molar-refractivity contribution in [2.24, 2.45) is 11.7 Å². The van der Waals surface area contributed by atoms with Crippen molar-refractivity contribution in [2.75, 3.05) is 0 Å². The minimum Gasteiger partial charge on any atom is -0.480 e. The number of carbonyl (C=O) groups is 2. The molecule has 88 valence electrons. The highest BCUT2D eigenvalue weighted by Gasteiger charge is 2.27. The summed E-state index contributed by atoms with van der Waals surface area (Å²) in [5.74, 6) is -1.94. The third-order valence-corrected chi connectivity index (χ3v) is 2.07. The van der Waals surface area contributed by atoms with Gasteiger partial charge in [0.1, 0.15) is 0 Å². The highest BCUT2D eigenvalue weighted by molar-refractivity contribution is 5.87. The van der Waals surface area contributed by atoms with Crippen molar-refractivity contribution >= 4 is 11.9 Å². The monoisotopic (exact) mass is 218 g/mol. The van der Waals surface area contributed by atoms with Gasteiger partial charge in [0.15, 0.2) is 6.04 Å². The third kappa shape index (κ3) is 4.26. The summed E-state index contributed by atoms with van der Waals surface area (Å²) in [5.41, 5.74) is 5.52. The summed E-state index contributed by atoms with van der Waals surface area (Å²) < 4.78 is 0. The fraction of sp³-hybridized carbons (Fsp3) is 0.778. The van der Waals surface area contributed by atoms with Crippen LogP contribution >= 0.6 is 0 Å². The predicted octanol–water partition coefficient (Wildman–Crippen LogP) is -1.08. The van der Waals surface area contributed by atoms with E-state index in [-0.39, 0.29) is 5.92 Å². The van der Waals surface area contributed by atoms with Gasteiger partial charge in [0.05, 0.1) is 12.1 Å². The van der Waals surface area contributed by atoms with Crippen LogP contribution in [0.3, 0.4) is 0 Å². The Kier molecular flexibility index (Phi) is 5.24. The van der Waals surface area contributed by atoms with Gasteiger partial charge in [-0.1, -0.05) is 13.8 Å². The van der Waals surface area contributed by atoms with E-state index in [9.17, 15) is 9.59 Å². The van der Waals surface area contributed by atoms with Crippen molar-refractivity contribution < 1.29 is 19.8 Å². The van der Waals surface area contributed by atoms with Gasteiger partial charge in [-0.15, -0.1) is 0 Å². The smallest absolute Gasteiger partial charge is 0.328 e. The zero-order chi connectivity index (χ0) is 12.2. The Morgan fingerprint density at radius 3 is 2.00 bits per heavy atom. The standard InChI is InChI=1S/C9H18N2O4/c1-4(2)6(10)8(13)11-7(5(3)12)9(14)15/h4-7,12H,10H2,1-3H3,(H,11,13)(H,14,15)/t5-,6-,7+/m1/s1. The molecule has 0 rings (SSSR count). The Bertz CT molecular complexity index is 240. The molecule has 0 aromatic carbocycles. The molecule has 0 aromatic rings. The number of aliphatic hydroxyl groups is 1. The van der Waals surface area contributed by atoms with E-state index in [0.717, 1.165) is 0 Å². The summed E-state index contributed by atoms with van der Waals surface area (Å²) in [6, 6.07) is -2.09. The Morgan fingerprint density at radius 1 is 1.27 bits per heavy atom. The largest absolute Gasteiger partial charge is 0.480 e. The normalized spacial score (nSPS) is 16.9. The zero-order valence-electron chi connectivity index (χ0n) is 9.10. The maximum absolute atomic E-state index is 11.4. The van der Waals surface area contributed by atoms with Crippen molar-refractivity contribution in [1.82, 2.24) is 5.32 Å². The lowest BCUT2D eigenvalue weighted by atomic mass is 10.0. The SMILES string of the molecule is CC(C)[C@@H](N)C(=O)N[C@H](C(=O)O)[C@@H](C)O. The van der Waals surface area contributed by atoms with Gasteiger partial charge in [-0.2, -0.15) is 0 Å². The molecule has 0 saturated heterocycles. The van der Waals surface area contributed by atoms with Gasteiger partial charge in [0, 0.05) is 0 Å². The Hall–Kier alpha value is -1.14. The number of carboxylic acids is 1. The minimum absolute atomic E-state index is 0.0894. The second kappa shape index (κ2) is 5.67. The van der Waals surface area contributed by atoms with Crippen molar-refractivity contribution in [2.45, 2.75) is 39.0 Å². The van der Waals surface area contributed by atoms with E-state index < -0.39 is 30.1 Å². The summed E-state index contributed by atoms with van der Waals surface area (Å²) in [5, 5.41) is 20.0. The van der Waals surface area contributed by atoms with Crippen molar-refractivity contribution in [1.29, 1.82) is 0 Å². The molecule has 0 radical (unpaired) electrons. The summed E-state index contributed by atoms with van der Waals surface area (Å²) in [4.78, 5) is 22.0. The lowest BCUT2D eigenvalue weighted by molar-refractivity contribution is -0.145. The maximum atomic E-state index is 11.4. The molecule has 0 aliphatic heterocycles. The van der Waals surface area contributed by atoms with Gasteiger partial charge < -0.3 is 21.3 Å². The van der Waals surface area contributed by atoms with E-state index in [1.807, 2.05) is 0 Å². The number of carbonyl (C=O) groups excluding carboxylic acids is 1. The third-order valence-electron chi connectivity index (χ3n) is 2.07. The molecule has 0 aliphatic carbocycles. The first-order valence-corrected chi connectivity index (χ1v) is 4.74. The van der Waals surface area contributed by atoms with Crippen LogP contribution in [0.5, 0.6) is 0 Å². The van der Waals surface area contributed by atoms with Gasteiger partial charge >= 0.3 is 5.97 Å². The average Bonchev–Trinajstić information content (AvgIpc) is 2.11. The molecular formula is C9H18N2O4. The molecule has 0 heterocycles. The minimum atomic E-state index is -1.32. The first-order chi connectivity index (χ1) is 6.77.